The monoisotopic (exact) mass is 312 g/mol. The Morgan fingerprint density at radius 2 is 2.00 bits per heavy atom. The summed E-state index contributed by atoms with van der Waals surface area (Å²) in [4.78, 5) is 35.6. The summed E-state index contributed by atoms with van der Waals surface area (Å²) in [5.41, 5.74) is 5.65. The van der Waals surface area contributed by atoms with Crippen LogP contribution in [0.5, 0.6) is 0 Å². The molecule has 0 bridgehead atoms. The Kier molecular flexibility index (Phi) is 6.64. The van der Waals surface area contributed by atoms with Gasteiger partial charge in [0, 0.05) is 17.8 Å². The molecule has 0 aliphatic rings. The Hall–Kier alpha value is -2.12. The fraction of sp³-hybridized carbons (Fsp3) is 0.308. The SMILES string of the molecule is CN(CC(=O)Nc1cccc(Cl)c1)C(=O)CNC(=O)CN. The summed E-state index contributed by atoms with van der Waals surface area (Å²) in [6, 6.07) is 6.68. The lowest BCUT2D eigenvalue weighted by Gasteiger charge is -2.17. The third kappa shape index (κ3) is 6.24. The van der Waals surface area contributed by atoms with Gasteiger partial charge in [0.15, 0.2) is 0 Å². The average molecular weight is 313 g/mol. The Labute approximate surface area is 127 Å². The molecule has 0 radical (unpaired) electrons. The molecule has 0 heterocycles. The quantitative estimate of drug-likeness (QED) is 0.677. The van der Waals surface area contributed by atoms with Crippen molar-refractivity contribution in [2.24, 2.45) is 5.73 Å². The predicted molar refractivity (Wildman–Crippen MR) is 79.8 cm³/mol. The van der Waals surface area contributed by atoms with Crippen LogP contribution in [0, 0.1) is 0 Å². The van der Waals surface area contributed by atoms with E-state index in [0.29, 0.717) is 10.7 Å². The number of halogens is 1. The van der Waals surface area contributed by atoms with Gasteiger partial charge in [-0.2, -0.15) is 0 Å². The highest BCUT2D eigenvalue weighted by Crippen LogP contribution is 2.14. The van der Waals surface area contributed by atoms with Gasteiger partial charge in [-0.05, 0) is 18.2 Å². The number of hydrogen-bond acceptors (Lipinski definition) is 4. The average Bonchev–Trinajstić information content (AvgIpc) is 2.43. The highest BCUT2D eigenvalue weighted by molar-refractivity contribution is 6.30. The van der Waals surface area contributed by atoms with Gasteiger partial charge < -0.3 is 21.3 Å². The zero-order valence-electron chi connectivity index (χ0n) is 11.6. The lowest BCUT2D eigenvalue weighted by Crippen LogP contribution is -2.42. The molecule has 0 saturated carbocycles. The zero-order valence-corrected chi connectivity index (χ0v) is 12.3. The van der Waals surface area contributed by atoms with Crippen molar-refractivity contribution < 1.29 is 14.4 Å². The minimum absolute atomic E-state index is 0.135. The molecule has 4 N–H and O–H groups in total. The summed E-state index contributed by atoms with van der Waals surface area (Å²) in [7, 11) is 1.47. The van der Waals surface area contributed by atoms with Crippen molar-refractivity contribution in [3.8, 4) is 0 Å². The van der Waals surface area contributed by atoms with E-state index in [1.165, 1.54) is 11.9 Å². The van der Waals surface area contributed by atoms with Crippen LogP contribution < -0.4 is 16.4 Å². The number of carbonyl (C=O) groups excluding carboxylic acids is 3. The molecule has 21 heavy (non-hydrogen) atoms. The maximum atomic E-state index is 11.8. The first-order valence-electron chi connectivity index (χ1n) is 6.18. The van der Waals surface area contributed by atoms with Crippen LogP contribution >= 0.6 is 11.6 Å². The normalized spacial score (nSPS) is 9.86. The lowest BCUT2D eigenvalue weighted by atomic mass is 10.3. The van der Waals surface area contributed by atoms with E-state index in [1.807, 2.05) is 0 Å². The molecular weight excluding hydrogens is 296 g/mol. The molecule has 7 nitrogen and oxygen atoms in total. The summed E-state index contributed by atoms with van der Waals surface area (Å²) in [5, 5.41) is 5.46. The van der Waals surface area contributed by atoms with Crippen molar-refractivity contribution in [1.82, 2.24) is 10.2 Å². The van der Waals surface area contributed by atoms with Crippen LogP contribution in [0.2, 0.25) is 5.02 Å². The van der Waals surface area contributed by atoms with Crippen LogP contribution in [0.15, 0.2) is 24.3 Å². The minimum Gasteiger partial charge on any atom is -0.346 e. The Morgan fingerprint density at radius 3 is 2.62 bits per heavy atom. The third-order valence-corrected chi connectivity index (χ3v) is 2.77. The first-order chi connectivity index (χ1) is 9.92. The van der Waals surface area contributed by atoms with E-state index in [4.69, 9.17) is 17.3 Å². The molecule has 0 atom stereocenters. The molecule has 0 spiro atoms. The molecule has 0 aromatic heterocycles. The largest absolute Gasteiger partial charge is 0.346 e. The number of nitrogens with two attached hydrogens (primary N) is 1. The number of rotatable bonds is 6. The standard InChI is InChI=1S/C13H17ClN4O3/c1-18(13(21)7-16-11(19)6-15)8-12(20)17-10-4-2-3-9(14)5-10/h2-5H,6-8,15H2,1H3,(H,16,19)(H,17,20). The van der Waals surface area contributed by atoms with Gasteiger partial charge in [-0.15, -0.1) is 0 Å². The molecule has 1 aromatic rings. The van der Waals surface area contributed by atoms with E-state index in [0.717, 1.165) is 0 Å². The van der Waals surface area contributed by atoms with Crippen molar-refractivity contribution in [2.75, 3.05) is 32.0 Å². The second-order valence-corrected chi connectivity index (χ2v) is 4.73. The maximum absolute atomic E-state index is 11.8. The molecule has 0 aliphatic heterocycles. The zero-order chi connectivity index (χ0) is 15.8. The molecule has 0 aliphatic carbocycles. The molecule has 114 valence electrons. The van der Waals surface area contributed by atoms with Crippen LogP contribution in [-0.2, 0) is 14.4 Å². The minimum atomic E-state index is -0.430. The summed E-state index contributed by atoms with van der Waals surface area (Å²) >= 11 is 5.80. The van der Waals surface area contributed by atoms with E-state index in [-0.39, 0.29) is 25.5 Å². The molecule has 1 aromatic carbocycles. The van der Waals surface area contributed by atoms with Gasteiger partial charge in [0.05, 0.1) is 19.6 Å². The van der Waals surface area contributed by atoms with Gasteiger partial charge in [0.1, 0.15) is 0 Å². The number of nitrogens with one attached hydrogen (secondary N) is 2. The van der Waals surface area contributed by atoms with E-state index in [2.05, 4.69) is 10.6 Å². The number of benzene rings is 1. The Morgan fingerprint density at radius 1 is 1.29 bits per heavy atom. The summed E-state index contributed by atoms with van der Waals surface area (Å²) < 4.78 is 0. The fourth-order valence-electron chi connectivity index (χ4n) is 1.45. The van der Waals surface area contributed by atoms with Gasteiger partial charge in [-0.1, -0.05) is 17.7 Å². The smallest absolute Gasteiger partial charge is 0.243 e. The molecular formula is C13H17ClN4O3. The van der Waals surface area contributed by atoms with E-state index in [1.54, 1.807) is 24.3 Å². The van der Waals surface area contributed by atoms with Gasteiger partial charge in [0.2, 0.25) is 17.7 Å². The second kappa shape index (κ2) is 8.23. The maximum Gasteiger partial charge on any atom is 0.243 e. The number of anilines is 1. The van der Waals surface area contributed by atoms with E-state index in [9.17, 15) is 14.4 Å². The number of hydrogen-bond donors (Lipinski definition) is 3. The summed E-state index contributed by atoms with van der Waals surface area (Å²) in [6.07, 6.45) is 0. The van der Waals surface area contributed by atoms with E-state index < -0.39 is 11.8 Å². The van der Waals surface area contributed by atoms with E-state index >= 15 is 0 Å². The van der Waals surface area contributed by atoms with Gasteiger partial charge >= 0.3 is 0 Å². The molecule has 8 heteroatoms. The topological polar surface area (TPSA) is 105 Å². The van der Waals surface area contributed by atoms with Gasteiger partial charge in [-0.3, -0.25) is 14.4 Å². The van der Waals surface area contributed by atoms with Crippen LogP contribution in [0.4, 0.5) is 5.69 Å². The number of amides is 3. The highest BCUT2D eigenvalue weighted by atomic mass is 35.5. The van der Waals surface area contributed by atoms with Gasteiger partial charge in [-0.25, -0.2) is 0 Å². The molecule has 1 rings (SSSR count). The van der Waals surface area contributed by atoms with Crippen molar-refractivity contribution in [1.29, 1.82) is 0 Å². The molecule has 0 unspecified atom stereocenters. The lowest BCUT2D eigenvalue weighted by molar-refractivity contribution is -0.134. The Balaban J connectivity index is 2.43. The van der Waals surface area contributed by atoms with Crippen molar-refractivity contribution in [3.05, 3.63) is 29.3 Å². The predicted octanol–water partition coefficient (Wildman–Crippen LogP) is -0.188. The fourth-order valence-corrected chi connectivity index (χ4v) is 1.64. The number of nitrogens with zero attached hydrogens (tertiary/aromatic N) is 1. The van der Waals surface area contributed by atoms with Gasteiger partial charge in [0.25, 0.3) is 0 Å². The van der Waals surface area contributed by atoms with Crippen molar-refractivity contribution in [3.63, 3.8) is 0 Å². The Bertz CT molecular complexity index is 536. The molecule has 3 amide bonds. The highest BCUT2D eigenvalue weighted by Gasteiger charge is 2.13. The first-order valence-corrected chi connectivity index (χ1v) is 6.56. The third-order valence-electron chi connectivity index (χ3n) is 2.54. The number of carbonyl (C=O) groups is 3. The van der Waals surface area contributed by atoms with Crippen LogP contribution in [0.1, 0.15) is 0 Å². The van der Waals surface area contributed by atoms with Crippen LogP contribution in [0.25, 0.3) is 0 Å². The summed E-state index contributed by atoms with van der Waals surface area (Å²) in [5.74, 6) is -1.18. The molecule has 0 fully saturated rings. The molecule has 0 saturated heterocycles. The van der Waals surface area contributed by atoms with Crippen molar-refractivity contribution >= 4 is 35.0 Å². The van der Waals surface area contributed by atoms with Crippen LogP contribution in [-0.4, -0.2) is 49.3 Å². The summed E-state index contributed by atoms with van der Waals surface area (Å²) in [6.45, 7) is -0.521. The van der Waals surface area contributed by atoms with Crippen LogP contribution in [0.3, 0.4) is 0 Å². The number of likely N-dealkylation sites (N-methyl/N-ethyl adjacent to an activating group) is 1. The first kappa shape index (κ1) is 16.9. The van der Waals surface area contributed by atoms with Crippen molar-refractivity contribution in [2.45, 2.75) is 0 Å². The second-order valence-electron chi connectivity index (χ2n) is 4.29.